The summed E-state index contributed by atoms with van der Waals surface area (Å²) in [6.07, 6.45) is -0.914. The average molecular weight is 224 g/mol. The molecule has 0 amide bonds. The van der Waals surface area contributed by atoms with Crippen LogP contribution in [0, 0.1) is 15.3 Å². The van der Waals surface area contributed by atoms with Crippen LogP contribution in [-0.2, 0) is 4.79 Å². The molecular weight excluding hydrogens is 208 g/mol. The van der Waals surface area contributed by atoms with E-state index < -0.39 is 17.2 Å². The molecule has 0 aromatic carbocycles. The van der Waals surface area contributed by atoms with Gasteiger partial charge >= 0.3 is 5.97 Å². The van der Waals surface area contributed by atoms with Gasteiger partial charge in [0.25, 0.3) is 0 Å². The molecule has 0 aliphatic carbocycles. The highest BCUT2D eigenvalue weighted by Crippen LogP contribution is 1.98. The van der Waals surface area contributed by atoms with Crippen molar-refractivity contribution in [3.8, 4) is 0 Å². The summed E-state index contributed by atoms with van der Waals surface area (Å²) in [4.78, 5) is 18.4. The quantitative estimate of drug-likeness (QED) is 0.369. The van der Waals surface area contributed by atoms with E-state index in [1.165, 1.54) is 0 Å². The monoisotopic (exact) mass is 224 g/mol. The number of nitrogens with zero attached hydrogens (tertiary/aromatic N) is 2. The summed E-state index contributed by atoms with van der Waals surface area (Å²) in [6, 6.07) is 0. The number of carboxylic acid groups (broad SMARTS) is 1. The summed E-state index contributed by atoms with van der Waals surface area (Å²) in [6.45, 7) is 0.465. The molecule has 2 N–H and O–H groups in total. The van der Waals surface area contributed by atoms with E-state index in [1.54, 1.807) is 0 Å². The SMILES string of the molecule is C[N+](C)(C)CC(O)CC(=O)O.O=[N+]([O-])[O-]. The zero-order chi connectivity index (χ0) is 12.6. The van der Waals surface area contributed by atoms with Gasteiger partial charge in [0.2, 0.25) is 0 Å². The third-order valence-corrected chi connectivity index (χ3v) is 1.17. The maximum absolute atomic E-state index is 10.1. The molecule has 1 atom stereocenters. The zero-order valence-electron chi connectivity index (χ0n) is 8.91. The van der Waals surface area contributed by atoms with Gasteiger partial charge in [-0.2, -0.15) is 0 Å². The molecular formula is C7H16N2O6. The highest BCUT2D eigenvalue weighted by molar-refractivity contribution is 5.67. The number of aliphatic carboxylic acids is 1. The van der Waals surface area contributed by atoms with Crippen molar-refractivity contribution in [2.24, 2.45) is 0 Å². The van der Waals surface area contributed by atoms with Crippen LogP contribution in [0.5, 0.6) is 0 Å². The van der Waals surface area contributed by atoms with Crippen LogP contribution in [0.1, 0.15) is 6.42 Å². The van der Waals surface area contributed by atoms with Gasteiger partial charge in [0, 0.05) is 0 Å². The number of likely N-dealkylation sites (N-methyl/N-ethyl adjacent to an activating group) is 1. The van der Waals surface area contributed by atoms with E-state index in [0.717, 1.165) is 0 Å². The first-order valence-corrected chi connectivity index (χ1v) is 4.06. The molecule has 0 radical (unpaired) electrons. The molecule has 0 aromatic heterocycles. The molecule has 0 saturated carbocycles. The molecule has 0 heterocycles. The maximum Gasteiger partial charge on any atom is 0.306 e. The van der Waals surface area contributed by atoms with Crippen molar-refractivity contribution in [3.63, 3.8) is 0 Å². The van der Waals surface area contributed by atoms with Gasteiger partial charge in [-0.25, -0.2) is 0 Å². The molecule has 0 saturated heterocycles. The van der Waals surface area contributed by atoms with Crippen LogP contribution in [0.25, 0.3) is 0 Å². The molecule has 0 aromatic rings. The minimum absolute atomic E-state index is 0.171. The van der Waals surface area contributed by atoms with Gasteiger partial charge in [-0.05, 0) is 0 Å². The first kappa shape index (κ1) is 16.0. The molecule has 0 bridgehead atoms. The number of aliphatic hydroxyl groups excluding tert-OH is 1. The van der Waals surface area contributed by atoms with Crippen molar-refractivity contribution in [1.29, 1.82) is 0 Å². The van der Waals surface area contributed by atoms with E-state index >= 15 is 0 Å². The Labute approximate surface area is 87.1 Å². The number of hydrogen-bond acceptors (Lipinski definition) is 5. The standard InChI is InChI=1S/C7H15NO3.NO3/c1-8(2,3)5-6(9)4-7(10)11;2-1(3)4/h6,9H,4-5H2,1-3H3;/q;-1/p+1. The van der Waals surface area contributed by atoms with Crippen molar-refractivity contribution >= 4 is 5.97 Å². The summed E-state index contributed by atoms with van der Waals surface area (Å²) in [7, 11) is 5.72. The highest BCUT2D eigenvalue weighted by atomic mass is 16.9. The van der Waals surface area contributed by atoms with Crippen LogP contribution in [0.15, 0.2) is 0 Å². The topological polar surface area (TPSA) is 124 Å². The Morgan fingerprint density at radius 2 is 1.73 bits per heavy atom. The van der Waals surface area contributed by atoms with Gasteiger partial charge in [-0.3, -0.25) is 4.79 Å². The van der Waals surface area contributed by atoms with Crippen LogP contribution in [0.2, 0.25) is 0 Å². The van der Waals surface area contributed by atoms with E-state index in [9.17, 15) is 4.79 Å². The van der Waals surface area contributed by atoms with E-state index in [2.05, 4.69) is 0 Å². The van der Waals surface area contributed by atoms with Gasteiger partial charge in [0.1, 0.15) is 12.6 Å². The number of hydrogen-bond donors (Lipinski definition) is 2. The van der Waals surface area contributed by atoms with Gasteiger partial charge in [-0.1, -0.05) is 0 Å². The molecule has 0 aliphatic heterocycles. The van der Waals surface area contributed by atoms with E-state index in [4.69, 9.17) is 25.5 Å². The fraction of sp³-hybridized carbons (Fsp3) is 0.857. The van der Waals surface area contributed by atoms with Gasteiger partial charge in [0.15, 0.2) is 0 Å². The first-order valence-electron chi connectivity index (χ1n) is 4.06. The number of rotatable bonds is 4. The number of aliphatic hydroxyl groups is 1. The average Bonchev–Trinajstić information content (AvgIpc) is 1.76. The van der Waals surface area contributed by atoms with Gasteiger partial charge in [0.05, 0.1) is 32.7 Å². The molecule has 0 spiro atoms. The summed E-state index contributed by atoms with van der Waals surface area (Å²) in [5.41, 5.74) is 0. The largest absolute Gasteiger partial charge is 0.481 e. The molecule has 1 unspecified atom stereocenters. The highest BCUT2D eigenvalue weighted by Gasteiger charge is 2.17. The third-order valence-electron chi connectivity index (χ3n) is 1.17. The summed E-state index contributed by atoms with van der Waals surface area (Å²) in [5.74, 6) is -0.953. The minimum Gasteiger partial charge on any atom is -0.481 e. The fourth-order valence-corrected chi connectivity index (χ4v) is 0.898. The van der Waals surface area contributed by atoms with E-state index in [0.29, 0.717) is 11.0 Å². The molecule has 90 valence electrons. The molecule has 8 heteroatoms. The maximum atomic E-state index is 10.1. The normalized spacial score (nSPS) is 12.3. The Morgan fingerprint density at radius 1 is 1.40 bits per heavy atom. The van der Waals surface area contributed by atoms with Gasteiger partial charge < -0.3 is 30.0 Å². The Balaban J connectivity index is 0. The number of carboxylic acids is 1. The Morgan fingerprint density at radius 3 is 1.93 bits per heavy atom. The lowest BCUT2D eigenvalue weighted by Crippen LogP contribution is -2.42. The Hall–Kier alpha value is -1.41. The van der Waals surface area contributed by atoms with Crippen LogP contribution in [0.3, 0.4) is 0 Å². The van der Waals surface area contributed by atoms with Crippen molar-refractivity contribution < 1.29 is 24.6 Å². The lowest BCUT2D eigenvalue weighted by Gasteiger charge is -2.25. The smallest absolute Gasteiger partial charge is 0.306 e. The molecule has 0 fully saturated rings. The Bertz CT molecular complexity index is 208. The van der Waals surface area contributed by atoms with Crippen molar-refractivity contribution in [1.82, 2.24) is 0 Å². The van der Waals surface area contributed by atoms with E-state index in [-0.39, 0.29) is 6.42 Å². The van der Waals surface area contributed by atoms with Crippen LogP contribution in [-0.4, -0.2) is 59.5 Å². The lowest BCUT2D eigenvalue weighted by molar-refractivity contribution is -0.873. The summed E-state index contributed by atoms with van der Waals surface area (Å²) < 4.78 is 0.578. The fourth-order valence-electron chi connectivity index (χ4n) is 0.898. The van der Waals surface area contributed by atoms with Crippen LogP contribution >= 0.6 is 0 Å². The third kappa shape index (κ3) is 24.5. The number of quaternary nitrogens is 1. The molecule has 0 aliphatic rings. The van der Waals surface area contributed by atoms with Crippen molar-refractivity contribution in [3.05, 3.63) is 15.3 Å². The molecule has 0 rings (SSSR count). The zero-order valence-corrected chi connectivity index (χ0v) is 8.91. The van der Waals surface area contributed by atoms with E-state index in [1.807, 2.05) is 21.1 Å². The molecule has 15 heavy (non-hydrogen) atoms. The minimum atomic E-state index is -1.75. The summed E-state index contributed by atoms with van der Waals surface area (Å²) in [5, 5.41) is 32.2. The lowest BCUT2D eigenvalue weighted by atomic mass is 10.2. The van der Waals surface area contributed by atoms with Crippen molar-refractivity contribution in [2.75, 3.05) is 27.7 Å². The van der Waals surface area contributed by atoms with Crippen molar-refractivity contribution in [2.45, 2.75) is 12.5 Å². The predicted octanol–water partition coefficient (Wildman–Crippen LogP) is -0.711. The second-order valence-corrected chi connectivity index (χ2v) is 3.95. The van der Waals surface area contributed by atoms with Gasteiger partial charge in [-0.15, -0.1) is 0 Å². The Kier molecular flexibility index (Phi) is 7.44. The van der Waals surface area contributed by atoms with Crippen LogP contribution in [0.4, 0.5) is 0 Å². The second-order valence-electron chi connectivity index (χ2n) is 3.95. The van der Waals surface area contributed by atoms with Crippen LogP contribution < -0.4 is 0 Å². The number of carbonyl (C=O) groups is 1. The second kappa shape index (κ2) is 6.96. The predicted molar refractivity (Wildman–Crippen MR) is 51.5 cm³/mol. The molecule has 8 nitrogen and oxygen atoms in total. The first-order chi connectivity index (χ1) is 6.54. The summed E-state index contributed by atoms with van der Waals surface area (Å²) >= 11 is 0.